The van der Waals surface area contributed by atoms with Gasteiger partial charge in [-0.3, -0.25) is 5.10 Å². The molecule has 3 rings (SSSR count). The number of carbonyl (C=O) groups is 1. The number of likely N-dealkylation sites (N-methyl/N-ethyl adjacent to an activating group) is 1. The van der Waals surface area contributed by atoms with Crippen molar-refractivity contribution in [1.82, 2.24) is 20.0 Å². The molecule has 0 radical (unpaired) electrons. The lowest BCUT2D eigenvalue weighted by atomic mass is 10.1. The molecule has 0 fully saturated rings. The van der Waals surface area contributed by atoms with Crippen LogP contribution in [-0.4, -0.2) is 60.3 Å². The normalized spacial score (nSPS) is 10.8. The molecule has 1 heterocycles. The van der Waals surface area contributed by atoms with Crippen LogP contribution < -0.4 is 10.1 Å². The van der Waals surface area contributed by atoms with Gasteiger partial charge >= 0.3 is 6.03 Å². The zero-order chi connectivity index (χ0) is 20.6. The predicted molar refractivity (Wildman–Crippen MR) is 115 cm³/mol. The molecule has 1 aromatic heterocycles. The number of carbonyl (C=O) groups excluding carboxylic acids is 1. The summed E-state index contributed by atoms with van der Waals surface area (Å²) in [7, 11) is 5.59. The summed E-state index contributed by atoms with van der Waals surface area (Å²) in [6, 6.07) is 15.5. The van der Waals surface area contributed by atoms with Gasteiger partial charge in [-0.2, -0.15) is 5.10 Å². The number of aromatic nitrogens is 2. The lowest BCUT2D eigenvalue weighted by Gasteiger charge is -2.25. The lowest BCUT2D eigenvalue weighted by molar-refractivity contribution is 0.202. The number of nitrogens with one attached hydrogen (secondary N) is 2. The van der Waals surface area contributed by atoms with Gasteiger partial charge in [0.1, 0.15) is 5.75 Å². The molecule has 0 unspecified atom stereocenters. The summed E-state index contributed by atoms with van der Waals surface area (Å²) in [6.07, 6.45) is 3.56. The molecule has 0 aliphatic heterocycles. The Morgan fingerprint density at radius 3 is 2.55 bits per heavy atom. The van der Waals surface area contributed by atoms with Gasteiger partial charge < -0.3 is 19.9 Å². The average Bonchev–Trinajstić information content (AvgIpc) is 3.26. The van der Waals surface area contributed by atoms with E-state index in [0.717, 1.165) is 23.2 Å². The molecule has 2 amide bonds. The van der Waals surface area contributed by atoms with Crippen LogP contribution in [0, 0.1) is 0 Å². The van der Waals surface area contributed by atoms with Crippen LogP contribution in [0.1, 0.15) is 5.56 Å². The first-order valence-electron chi connectivity index (χ1n) is 9.48. The number of H-pyrrole nitrogens is 1. The second kappa shape index (κ2) is 9.75. The van der Waals surface area contributed by atoms with Crippen LogP contribution in [0.15, 0.2) is 60.9 Å². The van der Waals surface area contributed by atoms with Crippen molar-refractivity contribution >= 4 is 11.7 Å². The van der Waals surface area contributed by atoms with Crippen molar-refractivity contribution in [1.29, 1.82) is 0 Å². The zero-order valence-corrected chi connectivity index (χ0v) is 17.1. The Morgan fingerprint density at radius 2 is 1.90 bits per heavy atom. The van der Waals surface area contributed by atoms with Crippen LogP contribution in [0.3, 0.4) is 0 Å². The second-order valence-electron chi connectivity index (χ2n) is 7.04. The fraction of sp³-hybridized carbons (Fsp3) is 0.273. The number of anilines is 1. The molecule has 0 saturated heterocycles. The Labute approximate surface area is 171 Å². The van der Waals surface area contributed by atoms with E-state index in [0.29, 0.717) is 24.5 Å². The maximum absolute atomic E-state index is 13.0. The maximum Gasteiger partial charge on any atom is 0.322 e. The van der Waals surface area contributed by atoms with E-state index >= 15 is 0 Å². The van der Waals surface area contributed by atoms with E-state index < -0.39 is 0 Å². The van der Waals surface area contributed by atoms with E-state index in [1.54, 1.807) is 18.2 Å². The van der Waals surface area contributed by atoms with E-state index in [-0.39, 0.29) is 6.03 Å². The summed E-state index contributed by atoms with van der Waals surface area (Å²) in [4.78, 5) is 16.9. The zero-order valence-electron chi connectivity index (χ0n) is 17.1. The summed E-state index contributed by atoms with van der Waals surface area (Å²) in [5, 5.41) is 9.78. The van der Waals surface area contributed by atoms with Gasteiger partial charge in [-0.25, -0.2) is 4.79 Å². The van der Waals surface area contributed by atoms with Crippen LogP contribution in [-0.2, 0) is 6.54 Å². The third-order valence-electron chi connectivity index (χ3n) is 4.60. The quantitative estimate of drug-likeness (QED) is 0.612. The molecule has 2 N–H and O–H groups in total. The van der Waals surface area contributed by atoms with Gasteiger partial charge in [0.25, 0.3) is 0 Å². The van der Waals surface area contributed by atoms with Gasteiger partial charge in [0.05, 0.1) is 19.0 Å². The van der Waals surface area contributed by atoms with Crippen LogP contribution in [0.5, 0.6) is 5.75 Å². The van der Waals surface area contributed by atoms with Gasteiger partial charge in [-0.1, -0.05) is 36.4 Å². The highest BCUT2D eigenvalue weighted by molar-refractivity contribution is 5.91. The largest absolute Gasteiger partial charge is 0.495 e. The van der Waals surface area contributed by atoms with E-state index in [2.05, 4.69) is 20.4 Å². The molecular formula is C22H27N5O2. The Kier molecular flexibility index (Phi) is 6.86. The third kappa shape index (κ3) is 5.58. The second-order valence-corrected chi connectivity index (χ2v) is 7.04. The van der Waals surface area contributed by atoms with Crippen molar-refractivity contribution in [2.75, 3.05) is 39.6 Å². The van der Waals surface area contributed by atoms with Crippen LogP contribution >= 0.6 is 0 Å². The molecule has 152 valence electrons. The highest BCUT2D eigenvalue weighted by Gasteiger charge is 2.17. The number of ether oxygens (including phenoxy) is 1. The molecule has 0 spiro atoms. The van der Waals surface area contributed by atoms with Crippen molar-refractivity contribution in [3.63, 3.8) is 0 Å². The molecule has 0 saturated carbocycles. The van der Waals surface area contributed by atoms with E-state index in [4.69, 9.17) is 4.74 Å². The van der Waals surface area contributed by atoms with Crippen molar-refractivity contribution in [3.8, 4) is 16.9 Å². The van der Waals surface area contributed by atoms with Crippen LogP contribution in [0.4, 0.5) is 10.5 Å². The molecular weight excluding hydrogens is 366 g/mol. The van der Waals surface area contributed by atoms with Gasteiger partial charge in [0, 0.05) is 31.4 Å². The van der Waals surface area contributed by atoms with Crippen molar-refractivity contribution in [3.05, 3.63) is 66.5 Å². The maximum atomic E-state index is 13.0. The standard InChI is InChI=1S/C22H27N5O2/c1-26(2)11-12-27(16-17-7-5-4-6-8-17)22(28)25-20-10-9-18(13-21(20)29-3)19-14-23-24-15-19/h4-10,13-15H,11-12,16H2,1-3H3,(H,23,24)(H,25,28). The number of rotatable bonds is 8. The minimum atomic E-state index is -0.162. The molecule has 3 aromatic rings. The van der Waals surface area contributed by atoms with Gasteiger partial charge in [-0.15, -0.1) is 0 Å². The van der Waals surface area contributed by atoms with Crippen molar-refractivity contribution < 1.29 is 9.53 Å². The number of amides is 2. The van der Waals surface area contributed by atoms with Crippen molar-refractivity contribution in [2.24, 2.45) is 0 Å². The van der Waals surface area contributed by atoms with E-state index in [1.807, 2.05) is 68.8 Å². The first-order valence-corrected chi connectivity index (χ1v) is 9.48. The van der Waals surface area contributed by atoms with E-state index in [9.17, 15) is 4.79 Å². The van der Waals surface area contributed by atoms with Crippen LogP contribution in [0.2, 0.25) is 0 Å². The summed E-state index contributed by atoms with van der Waals surface area (Å²) in [5.41, 5.74) is 3.64. The van der Waals surface area contributed by atoms with Gasteiger partial charge in [0.2, 0.25) is 0 Å². The molecule has 0 aliphatic carbocycles. The molecule has 7 heteroatoms. The van der Waals surface area contributed by atoms with Crippen molar-refractivity contribution in [2.45, 2.75) is 6.54 Å². The number of aromatic amines is 1. The molecule has 29 heavy (non-hydrogen) atoms. The first kappa shape index (κ1) is 20.4. The minimum Gasteiger partial charge on any atom is -0.495 e. The number of methoxy groups -OCH3 is 1. The topological polar surface area (TPSA) is 73.5 Å². The highest BCUT2D eigenvalue weighted by Crippen LogP contribution is 2.30. The fourth-order valence-corrected chi connectivity index (χ4v) is 2.95. The number of hydrogen-bond donors (Lipinski definition) is 2. The number of benzene rings is 2. The SMILES string of the molecule is COc1cc(-c2cn[nH]c2)ccc1NC(=O)N(CCN(C)C)Cc1ccccc1. The smallest absolute Gasteiger partial charge is 0.322 e. The number of nitrogens with zero attached hydrogens (tertiary/aromatic N) is 3. The molecule has 7 nitrogen and oxygen atoms in total. The summed E-state index contributed by atoms with van der Waals surface area (Å²) < 4.78 is 5.51. The first-order chi connectivity index (χ1) is 14.1. The lowest BCUT2D eigenvalue weighted by Crippen LogP contribution is -2.39. The van der Waals surface area contributed by atoms with E-state index in [1.165, 1.54) is 0 Å². The molecule has 0 bridgehead atoms. The molecule has 0 atom stereocenters. The van der Waals surface area contributed by atoms with Gasteiger partial charge in [-0.05, 0) is 37.4 Å². The highest BCUT2D eigenvalue weighted by atomic mass is 16.5. The summed E-state index contributed by atoms with van der Waals surface area (Å²) in [5.74, 6) is 0.601. The predicted octanol–water partition coefficient (Wildman–Crippen LogP) is 3.68. The van der Waals surface area contributed by atoms with Crippen LogP contribution in [0.25, 0.3) is 11.1 Å². The summed E-state index contributed by atoms with van der Waals surface area (Å²) >= 11 is 0. The Hall–Kier alpha value is -3.32. The number of hydrogen-bond acceptors (Lipinski definition) is 4. The summed E-state index contributed by atoms with van der Waals surface area (Å²) in [6.45, 7) is 1.93. The fourth-order valence-electron chi connectivity index (χ4n) is 2.95. The Bertz CT molecular complexity index is 910. The van der Waals surface area contributed by atoms with Gasteiger partial charge in [0.15, 0.2) is 0 Å². The number of urea groups is 1. The molecule has 0 aliphatic rings. The Balaban J connectivity index is 1.77. The monoisotopic (exact) mass is 393 g/mol. The minimum absolute atomic E-state index is 0.162. The third-order valence-corrected chi connectivity index (χ3v) is 4.60. The average molecular weight is 393 g/mol. The molecule has 2 aromatic carbocycles. The Morgan fingerprint density at radius 1 is 1.10 bits per heavy atom.